The molecule has 1 fully saturated rings. The van der Waals surface area contributed by atoms with Gasteiger partial charge in [-0.15, -0.1) is 0 Å². The minimum Gasteiger partial charge on any atom is -0.508 e. The lowest BCUT2D eigenvalue weighted by molar-refractivity contribution is 0.211. The van der Waals surface area contributed by atoms with Crippen molar-refractivity contribution in [2.75, 3.05) is 6.54 Å². The SMILES string of the molecule is C=C/N=C\N1CC2=C(C#N)[C@@]3(CCC1CCC3C)CC(c1cccc(O)c1)=C2. The molecule has 2 unspecified atom stereocenters. The Morgan fingerprint density at radius 2 is 2.21 bits per heavy atom. The standard InChI is InChI=1S/C24H27N3O/c1-3-26-16-27-15-20-11-19(18-5-4-6-22(28)12-18)13-24(23(20)14-25)10-9-21(27)8-7-17(24)2/h3-6,11-12,16-17,21,28H,1,7-10,13,15H2,2H3/b26-16-/t17?,21?,24-/m0/s1. The van der Waals surface area contributed by atoms with E-state index in [1.54, 1.807) is 12.3 Å². The third-order valence-electron chi connectivity index (χ3n) is 6.94. The second kappa shape index (κ2) is 7.31. The molecule has 4 nitrogen and oxygen atoms in total. The second-order valence-electron chi connectivity index (χ2n) is 8.36. The lowest BCUT2D eigenvalue weighted by Gasteiger charge is -2.44. The van der Waals surface area contributed by atoms with Crippen molar-refractivity contribution in [2.45, 2.75) is 45.1 Å². The Morgan fingerprint density at radius 1 is 1.36 bits per heavy atom. The highest BCUT2D eigenvalue weighted by atomic mass is 16.3. The molecule has 0 radical (unpaired) electrons. The lowest BCUT2D eigenvalue weighted by atomic mass is 9.60. The Labute approximate surface area is 167 Å². The molecule has 3 bridgehead atoms. The van der Waals surface area contributed by atoms with Crippen LogP contribution in [0.15, 0.2) is 59.3 Å². The average Bonchev–Trinajstić information content (AvgIpc) is 2.83. The highest BCUT2D eigenvalue weighted by molar-refractivity contribution is 5.74. The van der Waals surface area contributed by atoms with Gasteiger partial charge in [-0.05, 0) is 66.9 Å². The van der Waals surface area contributed by atoms with E-state index in [-0.39, 0.29) is 11.2 Å². The maximum absolute atomic E-state index is 10.2. The molecule has 1 aromatic rings. The molecule has 3 aliphatic rings. The van der Waals surface area contributed by atoms with E-state index in [0.717, 1.165) is 48.8 Å². The van der Waals surface area contributed by atoms with Crippen LogP contribution >= 0.6 is 0 Å². The van der Waals surface area contributed by atoms with E-state index in [1.807, 2.05) is 18.5 Å². The van der Waals surface area contributed by atoms with Crippen LogP contribution < -0.4 is 0 Å². The number of nitriles is 1. The van der Waals surface area contributed by atoms with Gasteiger partial charge in [0.25, 0.3) is 0 Å². The number of rotatable bonds is 3. The summed E-state index contributed by atoms with van der Waals surface area (Å²) in [6, 6.07) is 10.5. The van der Waals surface area contributed by atoms with Crippen molar-refractivity contribution in [2.24, 2.45) is 16.3 Å². The maximum Gasteiger partial charge on any atom is 0.116 e. The Hall–Kier alpha value is -2.80. The summed E-state index contributed by atoms with van der Waals surface area (Å²) in [5.41, 5.74) is 4.23. The summed E-state index contributed by atoms with van der Waals surface area (Å²) in [4.78, 5) is 6.57. The van der Waals surface area contributed by atoms with Crippen LogP contribution in [0.5, 0.6) is 5.75 Å². The van der Waals surface area contributed by atoms with Gasteiger partial charge >= 0.3 is 0 Å². The zero-order valence-electron chi connectivity index (χ0n) is 16.4. The van der Waals surface area contributed by atoms with Gasteiger partial charge in [0.05, 0.1) is 12.4 Å². The summed E-state index contributed by atoms with van der Waals surface area (Å²) in [5, 5.41) is 20.1. The van der Waals surface area contributed by atoms with Gasteiger partial charge in [0.1, 0.15) is 5.75 Å². The Bertz CT molecular complexity index is 920. The van der Waals surface area contributed by atoms with E-state index >= 15 is 0 Å². The zero-order valence-corrected chi connectivity index (χ0v) is 16.4. The maximum atomic E-state index is 10.2. The summed E-state index contributed by atoms with van der Waals surface area (Å²) >= 11 is 0. The van der Waals surface area contributed by atoms with Crippen LogP contribution in [0.25, 0.3) is 5.57 Å². The van der Waals surface area contributed by atoms with Crippen molar-refractivity contribution in [1.29, 1.82) is 5.26 Å². The highest BCUT2D eigenvalue weighted by Crippen LogP contribution is 2.55. The summed E-state index contributed by atoms with van der Waals surface area (Å²) in [7, 11) is 0. The number of benzene rings is 1. The minimum atomic E-state index is -0.101. The third-order valence-corrected chi connectivity index (χ3v) is 6.94. The molecule has 1 saturated carbocycles. The number of hydrogen-bond donors (Lipinski definition) is 1. The van der Waals surface area contributed by atoms with Gasteiger partial charge in [-0.25, -0.2) is 4.99 Å². The number of phenols is 1. The number of allylic oxidation sites excluding steroid dienone is 2. The largest absolute Gasteiger partial charge is 0.508 e. The zero-order chi connectivity index (χ0) is 19.7. The molecular formula is C24H27N3O. The molecule has 1 aliphatic heterocycles. The molecule has 1 aromatic carbocycles. The molecule has 2 aliphatic carbocycles. The van der Waals surface area contributed by atoms with Gasteiger partial charge < -0.3 is 10.0 Å². The van der Waals surface area contributed by atoms with Gasteiger partial charge in [-0.3, -0.25) is 0 Å². The van der Waals surface area contributed by atoms with Crippen LogP contribution in [0.3, 0.4) is 0 Å². The third kappa shape index (κ3) is 3.05. The lowest BCUT2D eigenvalue weighted by Crippen LogP contribution is -2.40. The molecule has 0 saturated heterocycles. The van der Waals surface area contributed by atoms with E-state index in [9.17, 15) is 10.4 Å². The number of fused-ring (bicyclic) bond motifs is 2. The van der Waals surface area contributed by atoms with Crippen molar-refractivity contribution >= 4 is 11.9 Å². The molecule has 1 N–H and O–H groups in total. The van der Waals surface area contributed by atoms with Crippen molar-refractivity contribution in [1.82, 2.24) is 4.90 Å². The Kier molecular flexibility index (Phi) is 4.85. The summed E-state index contributed by atoms with van der Waals surface area (Å²) in [5.74, 6) is 0.726. The average molecular weight is 374 g/mol. The molecule has 28 heavy (non-hydrogen) atoms. The first-order valence-corrected chi connectivity index (χ1v) is 10.1. The first-order chi connectivity index (χ1) is 13.6. The Morgan fingerprint density at radius 3 is 2.96 bits per heavy atom. The normalized spacial score (nSPS) is 29.7. The molecule has 0 aromatic heterocycles. The first-order valence-electron chi connectivity index (χ1n) is 10.1. The smallest absolute Gasteiger partial charge is 0.116 e. The van der Waals surface area contributed by atoms with E-state index in [2.05, 4.69) is 41.6 Å². The van der Waals surface area contributed by atoms with E-state index in [4.69, 9.17) is 0 Å². The second-order valence-corrected chi connectivity index (χ2v) is 8.36. The predicted octanol–water partition coefficient (Wildman–Crippen LogP) is 5.05. The Balaban J connectivity index is 1.88. The topological polar surface area (TPSA) is 59.6 Å². The molecule has 4 rings (SSSR count). The quantitative estimate of drug-likeness (QED) is 0.596. The predicted molar refractivity (Wildman–Crippen MR) is 113 cm³/mol. The number of aromatic hydroxyl groups is 1. The number of hydrogen-bond acceptors (Lipinski definition) is 3. The number of phenolic OH excluding ortho intramolecular Hbond substituents is 1. The molecule has 0 amide bonds. The van der Waals surface area contributed by atoms with Crippen LogP contribution in [0.2, 0.25) is 0 Å². The van der Waals surface area contributed by atoms with Gasteiger partial charge in [-0.2, -0.15) is 5.26 Å². The summed E-state index contributed by atoms with van der Waals surface area (Å²) < 4.78 is 0. The van der Waals surface area contributed by atoms with Crippen LogP contribution in [0, 0.1) is 22.7 Å². The minimum absolute atomic E-state index is 0.101. The van der Waals surface area contributed by atoms with Crippen molar-refractivity contribution in [3.63, 3.8) is 0 Å². The first kappa shape index (κ1) is 18.6. The van der Waals surface area contributed by atoms with Crippen LogP contribution in [-0.2, 0) is 0 Å². The number of nitrogens with zero attached hydrogens (tertiary/aromatic N) is 3. The summed E-state index contributed by atoms with van der Waals surface area (Å²) in [6.07, 6.45) is 10.8. The fourth-order valence-electron chi connectivity index (χ4n) is 5.37. The number of aliphatic imine (C=N–C) groups is 1. The van der Waals surface area contributed by atoms with Gasteiger partial charge in [-0.1, -0.05) is 31.7 Å². The van der Waals surface area contributed by atoms with Crippen molar-refractivity contribution in [3.8, 4) is 11.8 Å². The molecule has 144 valence electrons. The highest BCUT2D eigenvalue weighted by Gasteiger charge is 2.47. The van der Waals surface area contributed by atoms with Gasteiger partial charge in [0.2, 0.25) is 0 Å². The van der Waals surface area contributed by atoms with Crippen LogP contribution in [0.1, 0.15) is 44.6 Å². The van der Waals surface area contributed by atoms with Crippen molar-refractivity contribution in [3.05, 3.63) is 59.8 Å². The molecular weight excluding hydrogens is 346 g/mol. The van der Waals surface area contributed by atoms with Crippen molar-refractivity contribution < 1.29 is 5.11 Å². The monoisotopic (exact) mass is 373 g/mol. The summed E-state index contributed by atoms with van der Waals surface area (Å²) in [6.45, 7) is 6.72. The molecule has 1 heterocycles. The van der Waals surface area contributed by atoms with Gasteiger partial charge in [0.15, 0.2) is 0 Å². The van der Waals surface area contributed by atoms with E-state index in [1.165, 1.54) is 5.57 Å². The fourth-order valence-corrected chi connectivity index (χ4v) is 5.37. The molecule has 4 heteroatoms. The van der Waals surface area contributed by atoms with Crippen LogP contribution in [-0.4, -0.2) is 28.9 Å². The molecule has 1 spiro atoms. The molecule has 3 atom stereocenters. The van der Waals surface area contributed by atoms with Gasteiger partial charge in [0, 0.05) is 29.8 Å². The van der Waals surface area contributed by atoms with E-state index in [0.29, 0.717) is 18.5 Å². The fraction of sp³-hybridized carbons (Fsp3) is 0.417. The van der Waals surface area contributed by atoms with E-state index < -0.39 is 0 Å². The van der Waals surface area contributed by atoms with Crippen LogP contribution in [0.4, 0.5) is 0 Å².